The van der Waals surface area contributed by atoms with E-state index in [9.17, 15) is 4.79 Å². The number of carbonyl (C=O) groups excluding carboxylic acids is 1. The SMILES string of the molecule is Cc1nnc2n1C[C@H](NC(=O)c1csc(-c3ncccn3)n1)CC2. The van der Waals surface area contributed by atoms with Crippen LogP contribution >= 0.6 is 11.3 Å². The molecule has 8 nitrogen and oxygen atoms in total. The Morgan fingerprint density at radius 1 is 1.33 bits per heavy atom. The Hall–Kier alpha value is -2.68. The summed E-state index contributed by atoms with van der Waals surface area (Å²) in [5.41, 5.74) is 0.397. The van der Waals surface area contributed by atoms with Gasteiger partial charge in [0.25, 0.3) is 5.91 Å². The van der Waals surface area contributed by atoms with E-state index in [1.54, 1.807) is 23.8 Å². The van der Waals surface area contributed by atoms with Gasteiger partial charge in [-0.15, -0.1) is 21.5 Å². The number of rotatable bonds is 3. The molecule has 1 aliphatic heterocycles. The van der Waals surface area contributed by atoms with Gasteiger partial charge in [-0.1, -0.05) is 0 Å². The second kappa shape index (κ2) is 6.08. The van der Waals surface area contributed by atoms with Crippen LogP contribution in [0.1, 0.15) is 28.6 Å². The molecule has 1 aliphatic rings. The highest BCUT2D eigenvalue weighted by Crippen LogP contribution is 2.20. The van der Waals surface area contributed by atoms with Gasteiger partial charge in [0.15, 0.2) is 10.8 Å². The minimum atomic E-state index is -0.174. The van der Waals surface area contributed by atoms with Crippen molar-refractivity contribution in [2.24, 2.45) is 0 Å². The molecule has 0 saturated carbocycles. The van der Waals surface area contributed by atoms with Crippen molar-refractivity contribution in [3.05, 3.63) is 41.2 Å². The van der Waals surface area contributed by atoms with Crippen molar-refractivity contribution in [3.8, 4) is 10.8 Å². The maximum atomic E-state index is 12.4. The fourth-order valence-corrected chi connectivity index (χ4v) is 3.47. The topological polar surface area (TPSA) is 98.5 Å². The number of aromatic nitrogens is 6. The third-order valence-corrected chi connectivity index (χ3v) is 4.80. The standard InChI is InChI=1S/C15H15N7OS/c1-9-20-21-12-4-3-10(7-22(9)12)18-14(23)11-8-24-15(19-11)13-16-5-2-6-17-13/h2,5-6,8,10H,3-4,7H2,1H3,(H,18,23)/t10-/m1/s1. The second-order valence-corrected chi connectivity index (χ2v) is 6.45. The Morgan fingerprint density at radius 2 is 2.17 bits per heavy atom. The fourth-order valence-electron chi connectivity index (χ4n) is 2.73. The summed E-state index contributed by atoms with van der Waals surface area (Å²) in [4.78, 5) is 25.1. The van der Waals surface area contributed by atoms with Crippen molar-refractivity contribution < 1.29 is 4.79 Å². The summed E-state index contributed by atoms with van der Waals surface area (Å²) in [7, 11) is 0. The molecule has 0 aromatic carbocycles. The summed E-state index contributed by atoms with van der Waals surface area (Å²) in [6, 6.07) is 1.80. The van der Waals surface area contributed by atoms with E-state index in [0.29, 0.717) is 23.1 Å². The first-order chi connectivity index (χ1) is 11.7. The predicted octanol–water partition coefficient (Wildman–Crippen LogP) is 1.24. The van der Waals surface area contributed by atoms with Gasteiger partial charge in [-0.05, 0) is 19.4 Å². The van der Waals surface area contributed by atoms with E-state index in [1.165, 1.54) is 11.3 Å². The molecule has 0 unspecified atom stereocenters. The molecule has 0 fully saturated rings. The van der Waals surface area contributed by atoms with E-state index in [1.807, 2.05) is 6.92 Å². The maximum absolute atomic E-state index is 12.4. The lowest BCUT2D eigenvalue weighted by molar-refractivity contribution is 0.0923. The van der Waals surface area contributed by atoms with Gasteiger partial charge < -0.3 is 9.88 Å². The number of nitrogens with one attached hydrogen (secondary N) is 1. The van der Waals surface area contributed by atoms with Crippen molar-refractivity contribution in [1.29, 1.82) is 0 Å². The molecule has 0 radical (unpaired) electrons. The van der Waals surface area contributed by atoms with Crippen molar-refractivity contribution in [2.45, 2.75) is 32.4 Å². The lowest BCUT2D eigenvalue weighted by atomic mass is 10.1. The van der Waals surface area contributed by atoms with E-state index < -0.39 is 0 Å². The molecule has 3 aromatic rings. The van der Waals surface area contributed by atoms with Crippen LogP contribution in [-0.2, 0) is 13.0 Å². The van der Waals surface area contributed by atoms with Gasteiger partial charge in [0.05, 0.1) is 0 Å². The Balaban J connectivity index is 1.46. The first-order valence-corrected chi connectivity index (χ1v) is 8.51. The van der Waals surface area contributed by atoms with Crippen molar-refractivity contribution in [1.82, 2.24) is 35.0 Å². The zero-order chi connectivity index (χ0) is 16.5. The lowest BCUT2D eigenvalue weighted by Crippen LogP contribution is -2.41. The van der Waals surface area contributed by atoms with Crippen LogP contribution in [0.3, 0.4) is 0 Å². The zero-order valence-electron chi connectivity index (χ0n) is 13.0. The van der Waals surface area contributed by atoms with Crippen LogP contribution in [0.25, 0.3) is 10.8 Å². The molecule has 122 valence electrons. The van der Waals surface area contributed by atoms with Crippen molar-refractivity contribution in [3.63, 3.8) is 0 Å². The molecule has 9 heteroatoms. The van der Waals surface area contributed by atoms with Crippen LogP contribution in [0.15, 0.2) is 23.8 Å². The number of nitrogens with zero attached hydrogens (tertiary/aromatic N) is 6. The second-order valence-electron chi connectivity index (χ2n) is 5.59. The Kier molecular flexibility index (Phi) is 3.77. The third-order valence-electron chi connectivity index (χ3n) is 3.96. The quantitative estimate of drug-likeness (QED) is 0.770. The molecule has 1 amide bonds. The highest BCUT2D eigenvalue weighted by molar-refractivity contribution is 7.13. The van der Waals surface area contributed by atoms with Crippen molar-refractivity contribution in [2.75, 3.05) is 0 Å². The van der Waals surface area contributed by atoms with Gasteiger partial charge >= 0.3 is 0 Å². The van der Waals surface area contributed by atoms with Crippen molar-refractivity contribution >= 4 is 17.2 Å². The molecule has 3 aromatic heterocycles. The van der Waals surface area contributed by atoms with E-state index >= 15 is 0 Å². The molecule has 0 bridgehead atoms. The zero-order valence-corrected chi connectivity index (χ0v) is 13.8. The van der Waals surface area contributed by atoms with Crippen LogP contribution in [-0.4, -0.2) is 41.7 Å². The molecule has 24 heavy (non-hydrogen) atoms. The average molecular weight is 341 g/mol. The van der Waals surface area contributed by atoms with Gasteiger partial charge in [0.1, 0.15) is 17.3 Å². The summed E-state index contributed by atoms with van der Waals surface area (Å²) in [5.74, 6) is 2.22. The number of hydrogen-bond donors (Lipinski definition) is 1. The van der Waals surface area contributed by atoms with Crippen LogP contribution in [0.2, 0.25) is 0 Å². The molecular formula is C15H15N7OS. The molecule has 4 heterocycles. The number of amides is 1. The summed E-state index contributed by atoms with van der Waals surface area (Å²) in [6.07, 6.45) is 4.98. The fraction of sp³-hybridized carbons (Fsp3) is 0.333. The van der Waals surface area contributed by atoms with Crippen LogP contribution < -0.4 is 5.32 Å². The molecule has 4 rings (SSSR count). The highest BCUT2D eigenvalue weighted by atomic mass is 32.1. The molecule has 0 saturated heterocycles. The first kappa shape index (κ1) is 14.9. The van der Waals surface area contributed by atoms with Crippen LogP contribution in [0.5, 0.6) is 0 Å². The Bertz CT molecular complexity index is 873. The maximum Gasteiger partial charge on any atom is 0.271 e. The number of thiazole rings is 1. The van der Waals surface area contributed by atoms with Gasteiger partial charge in [-0.25, -0.2) is 15.0 Å². The molecule has 0 aliphatic carbocycles. The smallest absolute Gasteiger partial charge is 0.271 e. The summed E-state index contributed by atoms with van der Waals surface area (Å²) in [6.45, 7) is 2.62. The van der Waals surface area contributed by atoms with E-state index in [0.717, 1.165) is 24.5 Å². The predicted molar refractivity (Wildman–Crippen MR) is 87.5 cm³/mol. The summed E-state index contributed by atoms with van der Waals surface area (Å²) < 4.78 is 2.05. The molecular weight excluding hydrogens is 326 g/mol. The number of carbonyl (C=O) groups is 1. The Labute approximate surface area is 142 Å². The molecule has 1 atom stereocenters. The van der Waals surface area contributed by atoms with Crippen LogP contribution in [0, 0.1) is 6.92 Å². The first-order valence-electron chi connectivity index (χ1n) is 7.63. The van der Waals surface area contributed by atoms with E-state index in [-0.39, 0.29) is 11.9 Å². The minimum Gasteiger partial charge on any atom is -0.346 e. The van der Waals surface area contributed by atoms with Gasteiger partial charge in [-0.2, -0.15) is 0 Å². The summed E-state index contributed by atoms with van der Waals surface area (Å²) >= 11 is 1.36. The minimum absolute atomic E-state index is 0.0535. The number of hydrogen-bond acceptors (Lipinski definition) is 7. The Morgan fingerprint density at radius 3 is 3.00 bits per heavy atom. The lowest BCUT2D eigenvalue weighted by Gasteiger charge is -2.24. The monoisotopic (exact) mass is 341 g/mol. The number of fused-ring (bicyclic) bond motifs is 1. The summed E-state index contributed by atoms with van der Waals surface area (Å²) in [5, 5.41) is 13.6. The third kappa shape index (κ3) is 2.78. The van der Waals surface area contributed by atoms with Gasteiger partial charge in [-0.3, -0.25) is 4.79 Å². The number of aryl methyl sites for hydroxylation is 2. The molecule has 0 spiro atoms. The van der Waals surface area contributed by atoms with E-state index in [2.05, 4.69) is 35.0 Å². The van der Waals surface area contributed by atoms with Crippen LogP contribution in [0.4, 0.5) is 0 Å². The largest absolute Gasteiger partial charge is 0.346 e. The van der Waals surface area contributed by atoms with E-state index in [4.69, 9.17) is 0 Å². The molecule has 1 N–H and O–H groups in total. The normalized spacial score (nSPS) is 16.6. The highest BCUT2D eigenvalue weighted by Gasteiger charge is 2.24. The van der Waals surface area contributed by atoms with Gasteiger partial charge in [0.2, 0.25) is 0 Å². The van der Waals surface area contributed by atoms with Gasteiger partial charge in [0, 0.05) is 36.8 Å². The average Bonchev–Trinajstić information content (AvgIpc) is 3.24.